The van der Waals surface area contributed by atoms with Gasteiger partial charge in [0, 0.05) is 50.4 Å². The fourth-order valence-electron chi connectivity index (χ4n) is 4.90. The van der Waals surface area contributed by atoms with E-state index in [2.05, 4.69) is 27.2 Å². The number of carboxylic acids is 1. The number of thiocarbonyl (C=S) groups is 1. The van der Waals surface area contributed by atoms with Crippen LogP contribution in [-0.2, 0) is 21.4 Å². The van der Waals surface area contributed by atoms with Gasteiger partial charge in [0.25, 0.3) is 5.69 Å². The Labute approximate surface area is 232 Å². The van der Waals surface area contributed by atoms with Crippen LogP contribution in [0, 0.1) is 10.1 Å². The second-order valence-electron chi connectivity index (χ2n) is 9.58. The first-order valence-electron chi connectivity index (χ1n) is 12.6. The molecule has 1 fully saturated rings. The number of aliphatic carboxylic acids is 1. The summed E-state index contributed by atoms with van der Waals surface area (Å²) in [5.41, 5.74) is 0.658. The van der Waals surface area contributed by atoms with Crippen molar-refractivity contribution in [2.24, 2.45) is 0 Å². The summed E-state index contributed by atoms with van der Waals surface area (Å²) in [5, 5.41) is 23.9. The SMILES string of the molecule is CC1NC(=S)N(S(=O)(=O)CCCN2CCN(Cc3ccccc3)CC2)C(c2cccc([N+](=O)[O-])c2)=C1C(=O)O. The highest BCUT2D eigenvalue weighted by Crippen LogP contribution is 2.33. The molecule has 11 nitrogen and oxygen atoms in total. The van der Waals surface area contributed by atoms with E-state index in [0.717, 1.165) is 43.1 Å². The topological polar surface area (TPSA) is 136 Å². The van der Waals surface area contributed by atoms with E-state index in [0.29, 0.717) is 13.0 Å². The second-order valence-corrected chi connectivity index (χ2v) is 11.9. The lowest BCUT2D eigenvalue weighted by Gasteiger charge is -2.37. The molecule has 1 unspecified atom stereocenters. The maximum absolute atomic E-state index is 13.6. The molecule has 0 saturated carbocycles. The third kappa shape index (κ3) is 6.79. The molecule has 39 heavy (non-hydrogen) atoms. The summed E-state index contributed by atoms with van der Waals surface area (Å²) in [6.45, 7) is 6.37. The Morgan fingerprint density at radius 2 is 1.77 bits per heavy atom. The van der Waals surface area contributed by atoms with Gasteiger partial charge in [0.1, 0.15) is 0 Å². The Morgan fingerprint density at radius 3 is 2.41 bits per heavy atom. The highest BCUT2D eigenvalue weighted by Gasteiger charge is 2.39. The monoisotopic (exact) mass is 573 g/mol. The Kier molecular flexibility index (Phi) is 8.95. The van der Waals surface area contributed by atoms with Gasteiger partial charge in [0.15, 0.2) is 5.11 Å². The number of nitrogens with zero attached hydrogens (tertiary/aromatic N) is 4. The molecule has 0 spiro atoms. The van der Waals surface area contributed by atoms with Crippen molar-refractivity contribution in [1.82, 2.24) is 19.4 Å². The van der Waals surface area contributed by atoms with Crippen LogP contribution in [0.25, 0.3) is 5.70 Å². The highest BCUT2D eigenvalue weighted by molar-refractivity contribution is 7.91. The number of nitro benzene ring substituents is 1. The van der Waals surface area contributed by atoms with Gasteiger partial charge in [-0.15, -0.1) is 0 Å². The first-order chi connectivity index (χ1) is 18.6. The number of sulfonamides is 1. The minimum atomic E-state index is -4.10. The molecule has 0 radical (unpaired) electrons. The molecule has 2 aliphatic heterocycles. The largest absolute Gasteiger partial charge is 0.478 e. The normalized spacial score (nSPS) is 19.2. The van der Waals surface area contributed by atoms with Crippen LogP contribution in [-0.4, -0.2) is 88.2 Å². The standard InChI is InChI=1S/C26H31N5O6S2/c1-19-23(25(32)33)24(21-9-5-10-22(17-21)31(34)35)30(26(38)27-19)39(36,37)16-6-11-28-12-14-29(15-13-28)18-20-7-3-2-4-8-20/h2-5,7-10,17,19H,6,11-16,18H2,1H3,(H,27,38)(H,32,33). The zero-order chi connectivity index (χ0) is 28.2. The van der Waals surface area contributed by atoms with Crippen molar-refractivity contribution in [2.45, 2.75) is 25.9 Å². The zero-order valence-corrected chi connectivity index (χ0v) is 23.2. The molecule has 1 saturated heterocycles. The molecule has 0 aliphatic carbocycles. The van der Waals surface area contributed by atoms with Crippen molar-refractivity contribution in [2.75, 3.05) is 38.5 Å². The lowest BCUT2D eigenvalue weighted by molar-refractivity contribution is -0.384. The van der Waals surface area contributed by atoms with Crippen LogP contribution < -0.4 is 5.32 Å². The number of piperazine rings is 1. The van der Waals surface area contributed by atoms with E-state index in [4.69, 9.17) is 12.2 Å². The van der Waals surface area contributed by atoms with Crippen LogP contribution in [0.15, 0.2) is 60.2 Å². The molecule has 2 aliphatic rings. The lowest BCUT2D eigenvalue weighted by atomic mass is 9.99. The molecule has 0 aromatic heterocycles. The molecule has 2 heterocycles. The molecular weight excluding hydrogens is 542 g/mol. The van der Waals surface area contributed by atoms with Gasteiger partial charge < -0.3 is 15.3 Å². The van der Waals surface area contributed by atoms with E-state index >= 15 is 0 Å². The number of nitro groups is 1. The third-order valence-corrected chi connectivity index (χ3v) is 8.99. The number of benzene rings is 2. The van der Waals surface area contributed by atoms with Crippen molar-refractivity contribution in [3.8, 4) is 0 Å². The Morgan fingerprint density at radius 1 is 1.10 bits per heavy atom. The van der Waals surface area contributed by atoms with Crippen molar-refractivity contribution >= 4 is 44.7 Å². The number of carboxylic acid groups (broad SMARTS) is 1. The van der Waals surface area contributed by atoms with E-state index in [1.165, 1.54) is 23.8 Å². The minimum absolute atomic E-state index is 0.0930. The fourth-order valence-corrected chi connectivity index (χ4v) is 6.97. The average Bonchev–Trinajstić information content (AvgIpc) is 2.89. The number of non-ortho nitro benzene ring substituents is 1. The molecule has 4 rings (SSSR count). The zero-order valence-electron chi connectivity index (χ0n) is 21.5. The van der Waals surface area contributed by atoms with Gasteiger partial charge in [-0.05, 0) is 37.7 Å². The minimum Gasteiger partial charge on any atom is -0.478 e. The number of hydrogen-bond acceptors (Lipinski definition) is 8. The second kappa shape index (κ2) is 12.2. The summed E-state index contributed by atoms with van der Waals surface area (Å²) < 4.78 is 28.0. The highest BCUT2D eigenvalue weighted by atomic mass is 32.2. The lowest BCUT2D eigenvalue weighted by Crippen LogP contribution is -2.53. The van der Waals surface area contributed by atoms with Crippen molar-refractivity contribution in [3.63, 3.8) is 0 Å². The molecule has 2 aromatic carbocycles. The first-order valence-corrected chi connectivity index (χ1v) is 14.6. The summed E-state index contributed by atoms with van der Waals surface area (Å²) in [7, 11) is -4.10. The summed E-state index contributed by atoms with van der Waals surface area (Å²) in [6.07, 6.45) is 0.320. The average molecular weight is 574 g/mol. The van der Waals surface area contributed by atoms with E-state index < -0.39 is 27.0 Å². The van der Waals surface area contributed by atoms with Crippen molar-refractivity contribution in [3.05, 3.63) is 81.4 Å². The number of nitrogens with one attached hydrogen (secondary N) is 1. The van der Waals surface area contributed by atoms with Gasteiger partial charge in [-0.1, -0.05) is 42.5 Å². The molecule has 0 amide bonds. The Hall–Kier alpha value is -3.39. The molecule has 208 valence electrons. The van der Waals surface area contributed by atoms with Crippen LogP contribution in [0.5, 0.6) is 0 Å². The van der Waals surface area contributed by atoms with Gasteiger partial charge >= 0.3 is 5.97 Å². The van der Waals surface area contributed by atoms with Crippen LogP contribution in [0.3, 0.4) is 0 Å². The van der Waals surface area contributed by atoms with Gasteiger partial charge in [0.2, 0.25) is 10.0 Å². The van der Waals surface area contributed by atoms with Crippen molar-refractivity contribution in [1.29, 1.82) is 0 Å². The molecule has 2 aromatic rings. The predicted octanol–water partition coefficient (Wildman–Crippen LogP) is 2.51. The number of rotatable bonds is 10. The summed E-state index contributed by atoms with van der Waals surface area (Å²) >= 11 is 5.35. The van der Waals surface area contributed by atoms with E-state index in [9.17, 15) is 28.4 Å². The van der Waals surface area contributed by atoms with Crippen LogP contribution in [0.1, 0.15) is 24.5 Å². The van der Waals surface area contributed by atoms with E-state index in [-0.39, 0.29) is 33.4 Å². The van der Waals surface area contributed by atoms with Crippen LogP contribution in [0.4, 0.5) is 5.69 Å². The molecule has 0 bridgehead atoms. The molecule has 2 N–H and O–H groups in total. The fraction of sp³-hybridized carbons (Fsp3) is 0.385. The maximum atomic E-state index is 13.6. The molecular formula is C26H31N5O6S2. The maximum Gasteiger partial charge on any atom is 0.335 e. The van der Waals surface area contributed by atoms with Gasteiger partial charge in [-0.2, -0.15) is 0 Å². The first kappa shape index (κ1) is 28.6. The predicted molar refractivity (Wildman–Crippen MR) is 151 cm³/mol. The van der Waals surface area contributed by atoms with Gasteiger partial charge in [-0.25, -0.2) is 17.5 Å². The van der Waals surface area contributed by atoms with E-state index in [1.807, 2.05) is 18.2 Å². The third-order valence-electron chi connectivity index (χ3n) is 6.85. The molecule has 1 atom stereocenters. The van der Waals surface area contributed by atoms with Crippen molar-refractivity contribution < 1.29 is 23.2 Å². The molecule has 13 heteroatoms. The summed E-state index contributed by atoms with van der Waals surface area (Å²) in [4.78, 5) is 27.5. The quantitative estimate of drug-likeness (QED) is 0.248. The van der Waals surface area contributed by atoms with E-state index in [1.54, 1.807) is 6.92 Å². The Balaban J connectivity index is 1.47. The van der Waals surface area contributed by atoms with Gasteiger partial charge in [-0.3, -0.25) is 15.0 Å². The Bertz CT molecular complexity index is 1370. The van der Waals surface area contributed by atoms with Crippen LogP contribution in [0.2, 0.25) is 0 Å². The smallest absolute Gasteiger partial charge is 0.335 e. The number of hydrogen-bond donors (Lipinski definition) is 2. The summed E-state index contributed by atoms with van der Waals surface area (Å²) in [6, 6.07) is 14.7. The summed E-state index contributed by atoms with van der Waals surface area (Å²) in [5.74, 6) is -1.61. The van der Waals surface area contributed by atoms with Gasteiger partial charge in [0.05, 0.1) is 28.0 Å². The number of carbonyl (C=O) groups is 1. The van der Waals surface area contributed by atoms with Crippen LogP contribution >= 0.6 is 12.2 Å².